The summed E-state index contributed by atoms with van der Waals surface area (Å²) in [6.07, 6.45) is 1.56. The normalized spacial score (nSPS) is 11.1. The van der Waals surface area contributed by atoms with Crippen LogP contribution in [-0.2, 0) is 0 Å². The first-order valence-corrected chi connectivity index (χ1v) is 9.03. The molecule has 0 aliphatic heterocycles. The average molecular weight is 368 g/mol. The molecule has 0 unspecified atom stereocenters. The van der Waals surface area contributed by atoms with Crippen LogP contribution in [0.4, 0.5) is 0 Å². The van der Waals surface area contributed by atoms with Crippen LogP contribution >= 0.6 is 11.8 Å². The number of rotatable bonds is 6. The molecular weight excluding hydrogens is 352 g/mol. The number of nitrogens with zero attached hydrogens (tertiary/aromatic N) is 3. The summed E-state index contributed by atoms with van der Waals surface area (Å²) in [5.74, 6) is 2.50. The molecule has 4 aromatic rings. The first-order chi connectivity index (χ1) is 12.7. The molecule has 0 amide bonds. The molecule has 0 spiro atoms. The minimum absolute atomic E-state index is 0.228. The molecule has 8 heteroatoms. The predicted octanol–water partition coefficient (Wildman–Crippen LogP) is 3.16. The number of hydrogen-bond acceptors (Lipinski definition) is 6. The first-order valence-electron chi connectivity index (χ1n) is 8.05. The highest BCUT2D eigenvalue weighted by molar-refractivity contribution is 7.99. The average Bonchev–Trinajstić information content (AvgIpc) is 3.27. The Hall–Kier alpha value is -3.00. The van der Waals surface area contributed by atoms with Gasteiger partial charge in [0, 0.05) is 11.8 Å². The van der Waals surface area contributed by atoms with Crippen LogP contribution in [0, 0.1) is 6.92 Å². The van der Waals surface area contributed by atoms with E-state index in [4.69, 9.17) is 9.15 Å². The maximum absolute atomic E-state index is 11.7. The van der Waals surface area contributed by atoms with E-state index in [2.05, 4.69) is 15.1 Å². The zero-order valence-corrected chi connectivity index (χ0v) is 14.8. The van der Waals surface area contributed by atoms with Crippen molar-refractivity contribution in [2.45, 2.75) is 12.1 Å². The van der Waals surface area contributed by atoms with Gasteiger partial charge in [-0.3, -0.25) is 9.89 Å². The maximum atomic E-state index is 11.7. The number of nitrogens with one attached hydrogen (secondary N) is 1. The largest absolute Gasteiger partial charge is 0.493 e. The van der Waals surface area contributed by atoms with Gasteiger partial charge in [0.15, 0.2) is 22.4 Å². The molecule has 132 valence electrons. The van der Waals surface area contributed by atoms with Gasteiger partial charge in [-0.2, -0.15) is 4.98 Å². The van der Waals surface area contributed by atoms with Crippen molar-refractivity contribution in [1.82, 2.24) is 19.6 Å². The lowest BCUT2D eigenvalue weighted by atomic mass is 10.2. The van der Waals surface area contributed by atoms with Crippen molar-refractivity contribution in [1.29, 1.82) is 0 Å². The van der Waals surface area contributed by atoms with Crippen molar-refractivity contribution in [3.05, 3.63) is 64.6 Å². The summed E-state index contributed by atoms with van der Waals surface area (Å²) < 4.78 is 12.7. The number of hydrogen-bond donors (Lipinski definition) is 1. The zero-order chi connectivity index (χ0) is 17.9. The number of benzene rings is 1. The molecule has 4 rings (SSSR count). The number of aromatic nitrogens is 4. The molecule has 0 aliphatic rings. The van der Waals surface area contributed by atoms with Crippen molar-refractivity contribution in [2.24, 2.45) is 0 Å². The van der Waals surface area contributed by atoms with E-state index in [1.54, 1.807) is 22.9 Å². The number of ether oxygens (including phenoxy) is 1. The van der Waals surface area contributed by atoms with Crippen molar-refractivity contribution in [3.8, 4) is 17.3 Å². The molecule has 1 N–H and O–H groups in total. The minimum atomic E-state index is -0.228. The molecule has 0 atom stereocenters. The second kappa shape index (κ2) is 7.09. The second-order valence-corrected chi connectivity index (χ2v) is 6.70. The Morgan fingerprint density at radius 1 is 1.23 bits per heavy atom. The Morgan fingerprint density at radius 2 is 2.15 bits per heavy atom. The van der Waals surface area contributed by atoms with E-state index in [1.165, 1.54) is 17.8 Å². The number of thioether (sulfide) groups is 1. The quantitative estimate of drug-likeness (QED) is 0.416. The van der Waals surface area contributed by atoms with Gasteiger partial charge < -0.3 is 9.15 Å². The van der Waals surface area contributed by atoms with Crippen LogP contribution in [0.5, 0.6) is 5.75 Å². The van der Waals surface area contributed by atoms with Crippen molar-refractivity contribution >= 4 is 17.4 Å². The number of fused-ring (bicyclic) bond motifs is 1. The van der Waals surface area contributed by atoms with Gasteiger partial charge in [0.05, 0.1) is 12.9 Å². The Morgan fingerprint density at radius 3 is 2.96 bits per heavy atom. The number of aryl methyl sites for hydroxylation is 1. The summed E-state index contributed by atoms with van der Waals surface area (Å²) in [5, 5.41) is 3.33. The van der Waals surface area contributed by atoms with Gasteiger partial charge in [0.1, 0.15) is 5.75 Å². The molecule has 0 saturated carbocycles. The van der Waals surface area contributed by atoms with Crippen LogP contribution in [0.3, 0.4) is 0 Å². The van der Waals surface area contributed by atoms with Gasteiger partial charge in [0.2, 0.25) is 0 Å². The molecular formula is C18H16N4O3S. The lowest BCUT2D eigenvalue weighted by molar-refractivity contribution is 0.343. The summed E-state index contributed by atoms with van der Waals surface area (Å²) in [7, 11) is 0. The third kappa shape index (κ3) is 3.50. The van der Waals surface area contributed by atoms with E-state index in [9.17, 15) is 4.79 Å². The SMILES string of the molecule is Cc1cccc(OCCSc2nc(-c3ccco3)nc3cc(=O)[nH]n23)c1. The molecule has 0 bridgehead atoms. The van der Waals surface area contributed by atoms with Gasteiger partial charge in [-0.05, 0) is 36.8 Å². The highest BCUT2D eigenvalue weighted by Crippen LogP contribution is 2.22. The van der Waals surface area contributed by atoms with E-state index in [0.717, 1.165) is 11.3 Å². The van der Waals surface area contributed by atoms with Crippen molar-refractivity contribution in [2.75, 3.05) is 12.4 Å². The first kappa shape index (κ1) is 16.5. The molecule has 3 heterocycles. The fraction of sp³-hybridized carbons (Fsp3) is 0.167. The van der Waals surface area contributed by atoms with Gasteiger partial charge in [-0.15, -0.1) is 0 Å². The molecule has 3 aromatic heterocycles. The van der Waals surface area contributed by atoms with E-state index >= 15 is 0 Å². The summed E-state index contributed by atoms with van der Waals surface area (Å²) in [4.78, 5) is 20.6. The van der Waals surface area contributed by atoms with Crippen LogP contribution in [0.15, 0.2) is 63.1 Å². The monoisotopic (exact) mass is 368 g/mol. The van der Waals surface area contributed by atoms with Crippen LogP contribution in [-0.4, -0.2) is 31.9 Å². The maximum Gasteiger partial charge on any atom is 0.266 e. The molecule has 0 aliphatic carbocycles. The third-order valence-corrected chi connectivity index (χ3v) is 4.54. The highest BCUT2D eigenvalue weighted by Gasteiger charge is 2.13. The van der Waals surface area contributed by atoms with Gasteiger partial charge >= 0.3 is 0 Å². The number of H-pyrrole nitrogens is 1. The number of aromatic amines is 1. The molecule has 26 heavy (non-hydrogen) atoms. The van der Waals surface area contributed by atoms with Gasteiger partial charge in [-0.25, -0.2) is 9.50 Å². The summed E-state index contributed by atoms with van der Waals surface area (Å²) in [5.41, 5.74) is 1.42. The standard InChI is InChI=1S/C18H16N4O3S/c1-12-4-2-5-13(10-12)24-8-9-26-18-20-17(14-6-3-7-25-14)19-15-11-16(23)21-22(15)18/h2-7,10-11H,8-9H2,1H3,(H,21,23). The molecule has 0 saturated heterocycles. The fourth-order valence-electron chi connectivity index (χ4n) is 2.49. The van der Waals surface area contributed by atoms with Crippen LogP contribution < -0.4 is 10.3 Å². The molecule has 1 aromatic carbocycles. The molecule has 0 fully saturated rings. The smallest absolute Gasteiger partial charge is 0.266 e. The highest BCUT2D eigenvalue weighted by atomic mass is 32.2. The fourth-order valence-corrected chi connectivity index (χ4v) is 3.26. The lowest BCUT2D eigenvalue weighted by Gasteiger charge is -2.08. The van der Waals surface area contributed by atoms with Crippen molar-refractivity contribution in [3.63, 3.8) is 0 Å². The van der Waals surface area contributed by atoms with E-state index in [1.807, 2.05) is 31.2 Å². The number of furan rings is 1. The summed E-state index contributed by atoms with van der Waals surface area (Å²) in [6, 6.07) is 12.9. The topological polar surface area (TPSA) is 85.4 Å². The summed E-state index contributed by atoms with van der Waals surface area (Å²) in [6.45, 7) is 2.54. The van der Waals surface area contributed by atoms with Gasteiger partial charge in [-0.1, -0.05) is 23.9 Å². The van der Waals surface area contributed by atoms with Gasteiger partial charge in [0.25, 0.3) is 5.56 Å². The second-order valence-electron chi connectivity index (χ2n) is 5.63. The third-order valence-electron chi connectivity index (χ3n) is 3.64. The Labute approximate surface area is 153 Å². The van der Waals surface area contributed by atoms with E-state index in [-0.39, 0.29) is 5.56 Å². The predicted molar refractivity (Wildman–Crippen MR) is 98.7 cm³/mol. The lowest BCUT2D eigenvalue weighted by Crippen LogP contribution is -2.06. The molecule has 0 radical (unpaired) electrons. The summed E-state index contributed by atoms with van der Waals surface area (Å²) >= 11 is 1.47. The van der Waals surface area contributed by atoms with Crippen molar-refractivity contribution < 1.29 is 9.15 Å². The van der Waals surface area contributed by atoms with Crippen LogP contribution in [0.1, 0.15) is 5.56 Å². The Kier molecular flexibility index (Phi) is 4.49. The minimum Gasteiger partial charge on any atom is -0.493 e. The van der Waals surface area contributed by atoms with E-state index in [0.29, 0.717) is 34.7 Å². The zero-order valence-electron chi connectivity index (χ0n) is 14.0. The molecule has 7 nitrogen and oxygen atoms in total. The van der Waals surface area contributed by atoms with Crippen LogP contribution in [0.2, 0.25) is 0 Å². The Bertz CT molecular complexity index is 1090. The van der Waals surface area contributed by atoms with Crippen LogP contribution in [0.25, 0.3) is 17.2 Å². The Balaban J connectivity index is 1.52. The van der Waals surface area contributed by atoms with E-state index < -0.39 is 0 Å².